The second kappa shape index (κ2) is 13.4. The number of pyridine rings is 2. The third-order valence-corrected chi connectivity index (χ3v) is 9.51. The second-order valence-electron chi connectivity index (χ2n) is 13.5. The Hall–Kier alpha value is -4.88. The minimum atomic E-state index is -0.813. The highest BCUT2D eigenvalue weighted by molar-refractivity contribution is 6.34. The minimum Gasteiger partial charge on any atom is -0.507 e. The summed E-state index contributed by atoms with van der Waals surface area (Å²) in [6.45, 7) is 12.7. The highest BCUT2D eigenvalue weighted by atomic mass is 35.5. The van der Waals surface area contributed by atoms with Crippen LogP contribution in [0.4, 0.5) is 15.8 Å². The van der Waals surface area contributed by atoms with Gasteiger partial charge >= 0.3 is 0 Å². The molecule has 2 aliphatic heterocycles. The van der Waals surface area contributed by atoms with Crippen LogP contribution in [-0.2, 0) is 9.59 Å². The van der Waals surface area contributed by atoms with Crippen LogP contribution in [-0.4, -0.2) is 99.1 Å². The molecule has 14 heteroatoms. The molecular weight excluding hydrogens is 663 g/mol. The van der Waals surface area contributed by atoms with E-state index in [0.29, 0.717) is 34.7 Å². The number of aromatic hydroxyl groups is 1. The van der Waals surface area contributed by atoms with Crippen LogP contribution in [0.25, 0.3) is 28.0 Å². The van der Waals surface area contributed by atoms with Crippen LogP contribution in [0.15, 0.2) is 48.0 Å². The van der Waals surface area contributed by atoms with E-state index in [4.69, 9.17) is 16.6 Å². The average molecular weight is 703 g/mol. The summed E-state index contributed by atoms with van der Waals surface area (Å²) in [7, 11) is 3.75. The van der Waals surface area contributed by atoms with Crippen LogP contribution >= 0.6 is 11.6 Å². The molecule has 1 aromatic carbocycles. The molecule has 5 heterocycles. The van der Waals surface area contributed by atoms with E-state index in [1.807, 2.05) is 51.6 Å². The third kappa shape index (κ3) is 5.77. The van der Waals surface area contributed by atoms with Gasteiger partial charge in [-0.25, -0.2) is 19.3 Å². The lowest BCUT2D eigenvalue weighted by molar-refractivity contribution is -0.128. The second-order valence-corrected chi connectivity index (χ2v) is 13.9. The van der Waals surface area contributed by atoms with Crippen molar-refractivity contribution in [2.75, 3.05) is 56.6 Å². The van der Waals surface area contributed by atoms with Crippen LogP contribution in [0.2, 0.25) is 5.02 Å². The van der Waals surface area contributed by atoms with Crippen LogP contribution in [0, 0.1) is 5.82 Å². The summed E-state index contributed by atoms with van der Waals surface area (Å²) in [4.78, 5) is 63.5. The summed E-state index contributed by atoms with van der Waals surface area (Å²) < 4.78 is 16.8. The Morgan fingerprint density at radius 2 is 1.78 bits per heavy atom. The predicted octanol–water partition coefficient (Wildman–Crippen LogP) is 4.70. The Morgan fingerprint density at radius 3 is 2.38 bits per heavy atom. The Balaban J connectivity index is 1.79. The molecule has 50 heavy (non-hydrogen) atoms. The first-order valence-corrected chi connectivity index (χ1v) is 16.9. The molecule has 1 N–H and O–H groups in total. The number of anilines is 2. The molecule has 0 bridgehead atoms. The van der Waals surface area contributed by atoms with Crippen molar-refractivity contribution in [1.82, 2.24) is 29.3 Å². The molecule has 0 spiro atoms. The van der Waals surface area contributed by atoms with Crippen LogP contribution in [0.3, 0.4) is 0 Å². The van der Waals surface area contributed by atoms with Crippen molar-refractivity contribution in [1.29, 1.82) is 0 Å². The normalized spacial score (nSPS) is 16.1. The molecule has 1 saturated heterocycles. The van der Waals surface area contributed by atoms with Gasteiger partial charge in [-0.1, -0.05) is 51.9 Å². The van der Waals surface area contributed by atoms with Gasteiger partial charge in [0.2, 0.25) is 5.91 Å². The summed E-state index contributed by atoms with van der Waals surface area (Å²) in [6, 6.07) is 4.69. The number of rotatable bonds is 8. The van der Waals surface area contributed by atoms with Crippen molar-refractivity contribution in [3.05, 3.63) is 75.8 Å². The quantitative estimate of drug-likeness (QED) is 0.260. The van der Waals surface area contributed by atoms with Gasteiger partial charge in [-0.3, -0.25) is 19.0 Å². The molecule has 0 aliphatic carbocycles. The Morgan fingerprint density at radius 1 is 1.10 bits per heavy atom. The topological polar surface area (TPSA) is 128 Å². The zero-order valence-electron chi connectivity index (χ0n) is 28.9. The highest BCUT2D eigenvalue weighted by Crippen LogP contribution is 2.45. The third-order valence-electron chi connectivity index (χ3n) is 9.22. The number of benzene rings is 1. The van der Waals surface area contributed by atoms with Crippen molar-refractivity contribution < 1.29 is 19.1 Å². The fourth-order valence-electron chi connectivity index (χ4n) is 6.80. The standard InChI is InChI=1S/C36H40ClFN8O4/c1-8-26(48)43-13-15-44-24(17-43)35(49)45(14-12-42(6)7)33-31(44)21-16-22(37)30(27-23(38)10-9-11-25(27)47)41-34(21)46(36(33)50)32-28(19(2)3)39-18-40-29(32)20(4)5/h8-11,16,18-20,24,47H,1,12-15,17H2,2-7H3/t24-/m1/s1. The number of nitrogens with zero attached hydrogens (tertiary/aromatic N) is 8. The molecule has 4 aromatic rings. The number of likely N-dealkylation sites (N-methyl/N-ethyl adjacent to an activating group) is 1. The van der Waals surface area contributed by atoms with Crippen LogP contribution in [0.1, 0.15) is 50.9 Å². The van der Waals surface area contributed by atoms with E-state index in [1.165, 1.54) is 40.1 Å². The summed E-state index contributed by atoms with van der Waals surface area (Å²) in [5.41, 5.74) is 1.44. The maximum atomic E-state index is 15.4. The maximum Gasteiger partial charge on any atom is 0.283 e. The summed E-state index contributed by atoms with van der Waals surface area (Å²) in [5, 5.41) is 11.2. The summed E-state index contributed by atoms with van der Waals surface area (Å²) >= 11 is 6.93. The van der Waals surface area contributed by atoms with Crippen molar-refractivity contribution in [2.45, 2.75) is 45.6 Å². The van der Waals surface area contributed by atoms with Gasteiger partial charge in [0.25, 0.3) is 11.5 Å². The van der Waals surface area contributed by atoms with Gasteiger partial charge in [0, 0.05) is 31.6 Å². The molecule has 3 aromatic heterocycles. The molecule has 2 amide bonds. The summed E-state index contributed by atoms with van der Waals surface area (Å²) in [5.74, 6) is -2.05. The van der Waals surface area contributed by atoms with Crippen molar-refractivity contribution in [3.63, 3.8) is 0 Å². The SMILES string of the molecule is C=CC(=O)N1CCN2c3c(c(=O)n(-c4c(C(C)C)ncnc4C(C)C)c4nc(-c5c(O)cccc5F)c(Cl)cc34)N(CCN(C)C)C(=O)[C@H]2C1. The predicted molar refractivity (Wildman–Crippen MR) is 192 cm³/mol. The van der Waals surface area contributed by atoms with Crippen LogP contribution < -0.4 is 15.4 Å². The van der Waals surface area contributed by atoms with E-state index in [0.717, 1.165) is 0 Å². The molecular formula is C36H40ClFN8O4. The zero-order chi connectivity index (χ0) is 36.2. The Kier molecular flexibility index (Phi) is 9.40. The number of phenols is 1. The van der Waals surface area contributed by atoms with E-state index in [-0.39, 0.29) is 83.2 Å². The molecule has 1 atom stereocenters. The van der Waals surface area contributed by atoms with Crippen molar-refractivity contribution in [2.24, 2.45) is 0 Å². The number of hydrogen-bond donors (Lipinski definition) is 1. The lowest BCUT2D eigenvalue weighted by Crippen LogP contribution is -2.64. The number of phenolic OH excluding ortho intramolecular Hbond substituents is 1. The van der Waals surface area contributed by atoms with E-state index in [2.05, 4.69) is 16.5 Å². The largest absolute Gasteiger partial charge is 0.507 e. The molecule has 2 aliphatic rings. The number of carbonyl (C=O) groups is 2. The van der Waals surface area contributed by atoms with Gasteiger partial charge in [-0.2, -0.15) is 0 Å². The van der Waals surface area contributed by atoms with Crippen molar-refractivity contribution >= 4 is 45.8 Å². The highest BCUT2D eigenvalue weighted by Gasteiger charge is 2.45. The lowest BCUT2D eigenvalue weighted by atomic mass is 9.98. The minimum absolute atomic E-state index is 0.0246. The monoisotopic (exact) mass is 702 g/mol. The fourth-order valence-corrected chi connectivity index (χ4v) is 7.05. The van der Waals surface area contributed by atoms with Gasteiger partial charge in [0.15, 0.2) is 5.65 Å². The number of halogens is 2. The van der Waals surface area contributed by atoms with Gasteiger partial charge in [0.05, 0.1) is 45.6 Å². The van der Waals surface area contributed by atoms with Crippen LogP contribution in [0.5, 0.6) is 5.75 Å². The Bertz CT molecular complexity index is 2050. The average Bonchev–Trinajstić information content (AvgIpc) is 3.07. The van der Waals surface area contributed by atoms with E-state index >= 15 is 9.18 Å². The molecule has 262 valence electrons. The van der Waals surface area contributed by atoms with E-state index < -0.39 is 17.4 Å². The molecule has 6 rings (SSSR count). The maximum absolute atomic E-state index is 15.4. The number of piperazine rings is 1. The van der Waals surface area contributed by atoms with Gasteiger partial charge in [-0.05, 0) is 50.2 Å². The first-order chi connectivity index (χ1) is 23.8. The molecule has 0 saturated carbocycles. The van der Waals surface area contributed by atoms with Gasteiger partial charge < -0.3 is 24.7 Å². The first kappa shape index (κ1) is 35.0. The van der Waals surface area contributed by atoms with E-state index in [1.54, 1.807) is 11.0 Å². The zero-order valence-corrected chi connectivity index (χ0v) is 29.7. The summed E-state index contributed by atoms with van der Waals surface area (Å²) in [6.07, 6.45) is 2.69. The number of carbonyl (C=O) groups excluding carboxylic acids is 2. The molecule has 1 fully saturated rings. The fraction of sp³-hybridized carbons (Fsp3) is 0.389. The number of amides is 2. The van der Waals surface area contributed by atoms with E-state index in [9.17, 15) is 14.7 Å². The number of fused-ring (bicyclic) bond motifs is 5. The lowest BCUT2D eigenvalue weighted by Gasteiger charge is -2.48. The van der Waals surface area contributed by atoms with Gasteiger partial charge in [0.1, 0.15) is 29.6 Å². The van der Waals surface area contributed by atoms with Gasteiger partial charge in [-0.15, -0.1) is 0 Å². The smallest absolute Gasteiger partial charge is 0.283 e. The van der Waals surface area contributed by atoms with Crippen molar-refractivity contribution in [3.8, 4) is 22.7 Å². The Labute approximate surface area is 294 Å². The number of hydrogen-bond acceptors (Lipinski definition) is 9. The number of aromatic nitrogens is 4. The molecule has 0 unspecified atom stereocenters. The molecule has 0 radical (unpaired) electrons. The first-order valence-electron chi connectivity index (χ1n) is 16.5. The molecule has 12 nitrogen and oxygen atoms in total.